The van der Waals surface area contributed by atoms with Crippen LogP contribution in [0.1, 0.15) is 5.56 Å². The maximum atomic E-state index is 13.8. The normalized spacial score (nSPS) is 11.0. The highest BCUT2D eigenvalue weighted by molar-refractivity contribution is 5.92. The molecule has 5 nitrogen and oxygen atoms in total. The molecular weight excluding hydrogens is 431 g/mol. The SMILES string of the molecule is O=c1c(-c2ccc([N+](=O)[O-])cc2)c(-c2ccccc2)n(Cc2ccc(F)cc2)c2ccccc12. The minimum absolute atomic E-state index is 0.0440. The predicted octanol–water partition coefficient (Wildman–Crippen LogP) is 6.43. The highest BCUT2D eigenvalue weighted by Gasteiger charge is 2.20. The molecule has 5 aromatic rings. The van der Waals surface area contributed by atoms with Crippen LogP contribution in [0.5, 0.6) is 0 Å². The second kappa shape index (κ2) is 8.75. The summed E-state index contributed by atoms with van der Waals surface area (Å²) in [6, 6.07) is 29.2. The van der Waals surface area contributed by atoms with E-state index in [1.165, 1.54) is 24.3 Å². The smallest absolute Gasteiger partial charge is 0.269 e. The Hall–Kier alpha value is -4.58. The second-order valence-electron chi connectivity index (χ2n) is 7.95. The summed E-state index contributed by atoms with van der Waals surface area (Å²) in [5.41, 5.74) is 4.01. The number of nitro benzene ring substituents is 1. The van der Waals surface area contributed by atoms with Gasteiger partial charge in [-0.3, -0.25) is 14.9 Å². The van der Waals surface area contributed by atoms with Crippen molar-refractivity contribution in [3.63, 3.8) is 0 Å². The van der Waals surface area contributed by atoms with Crippen molar-refractivity contribution in [2.45, 2.75) is 6.54 Å². The van der Waals surface area contributed by atoms with Crippen LogP contribution in [0.3, 0.4) is 0 Å². The number of aromatic nitrogens is 1. The third-order valence-corrected chi connectivity index (χ3v) is 5.84. The Kier molecular flexibility index (Phi) is 5.47. The Bertz CT molecular complexity index is 1560. The molecule has 0 radical (unpaired) electrons. The van der Waals surface area contributed by atoms with Gasteiger partial charge in [0.2, 0.25) is 0 Å². The van der Waals surface area contributed by atoms with Crippen LogP contribution in [0.2, 0.25) is 0 Å². The fourth-order valence-corrected chi connectivity index (χ4v) is 4.25. The Labute approximate surface area is 194 Å². The lowest BCUT2D eigenvalue weighted by Gasteiger charge is -2.21. The number of benzene rings is 4. The Morgan fingerprint density at radius 3 is 2.09 bits per heavy atom. The van der Waals surface area contributed by atoms with Gasteiger partial charge in [-0.2, -0.15) is 0 Å². The van der Waals surface area contributed by atoms with E-state index in [1.54, 1.807) is 30.3 Å². The molecule has 1 heterocycles. The largest absolute Gasteiger partial charge is 0.335 e. The number of halogens is 1. The third-order valence-electron chi connectivity index (χ3n) is 5.84. The monoisotopic (exact) mass is 450 g/mol. The number of hydrogen-bond acceptors (Lipinski definition) is 3. The van der Waals surface area contributed by atoms with Crippen molar-refractivity contribution in [2.24, 2.45) is 0 Å². The summed E-state index contributed by atoms with van der Waals surface area (Å²) in [4.78, 5) is 24.5. The topological polar surface area (TPSA) is 65.1 Å². The Balaban J connectivity index is 1.86. The summed E-state index contributed by atoms with van der Waals surface area (Å²) in [5.74, 6) is -0.316. The highest BCUT2D eigenvalue weighted by Crippen LogP contribution is 2.34. The maximum Gasteiger partial charge on any atom is 0.269 e. The first-order valence-corrected chi connectivity index (χ1v) is 10.7. The molecule has 5 rings (SSSR count). The number of fused-ring (bicyclic) bond motifs is 1. The molecule has 4 aromatic carbocycles. The quantitative estimate of drug-likeness (QED) is 0.229. The van der Waals surface area contributed by atoms with Crippen molar-refractivity contribution in [2.75, 3.05) is 0 Å². The minimum atomic E-state index is -0.463. The van der Waals surface area contributed by atoms with Crippen LogP contribution in [0, 0.1) is 15.9 Å². The standard InChI is InChI=1S/C28H19FN2O3/c29-22-14-10-19(11-15-22)18-30-25-9-5-4-8-24(25)28(32)26(27(30)21-6-2-1-3-7-21)20-12-16-23(17-13-20)31(33)34/h1-17H,18H2. The molecule has 0 aliphatic rings. The van der Waals surface area contributed by atoms with Crippen LogP contribution in [-0.4, -0.2) is 9.49 Å². The zero-order valence-corrected chi connectivity index (χ0v) is 18.0. The van der Waals surface area contributed by atoms with Gasteiger partial charge in [0.1, 0.15) is 5.82 Å². The lowest BCUT2D eigenvalue weighted by atomic mass is 9.95. The van der Waals surface area contributed by atoms with E-state index < -0.39 is 4.92 Å². The van der Waals surface area contributed by atoms with Crippen LogP contribution >= 0.6 is 0 Å². The first-order chi connectivity index (χ1) is 16.5. The number of hydrogen-bond donors (Lipinski definition) is 0. The van der Waals surface area contributed by atoms with Crippen molar-refractivity contribution in [3.8, 4) is 22.4 Å². The van der Waals surface area contributed by atoms with Gasteiger partial charge in [0, 0.05) is 24.1 Å². The molecule has 0 saturated heterocycles. The molecule has 1 aromatic heterocycles. The first kappa shape index (κ1) is 21.3. The molecule has 0 atom stereocenters. The van der Waals surface area contributed by atoms with Gasteiger partial charge in [-0.15, -0.1) is 0 Å². The molecule has 0 fully saturated rings. The van der Waals surface area contributed by atoms with E-state index in [1.807, 2.05) is 48.5 Å². The molecule has 0 amide bonds. The fraction of sp³-hybridized carbons (Fsp3) is 0.0357. The number of nitrogens with zero attached hydrogens (tertiary/aromatic N) is 2. The van der Waals surface area contributed by atoms with Crippen LogP contribution in [0.4, 0.5) is 10.1 Å². The molecular formula is C28H19FN2O3. The molecule has 0 N–H and O–H groups in total. The van der Waals surface area contributed by atoms with E-state index in [4.69, 9.17) is 0 Å². The van der Waals surface area contributed by atoms with Crippen LogP contribution in [-0.2, 0) is 6.54 Å². The summed E-state index contributed by atoms with van der Waals surface area (Å²) in [6.45, 7) is 0.408. The molecule has 0 unspecified atom stereocenters. The van der Waals surface area contributed by atoms with Gasteiger partial charge < -0.3 is 4.57 Å². The van der Waals surface area contributed by atoms with E-state index in [-0.39, 0.29) is 16.9 Å². The van der Waals surface area contributed by atoms with Gasteiger partial charge in [0.05, 0.1) is 21.7 Å². The van der Waals surface area contributed by atoms with Crippen molar-refractivity contribution in [1.82, 2.24) is 4.57 Å². The summed E-state index contributed by atoms with van der Waals surface area (Å²) in [6.07, 6.45) is 0. The molecule has 6 heteroatoms. The molecule has 0 aliphatic heterocycles. The maximum absolute atomic E-state index is 13.8. The predicted molar refractivity (Wildman–Crippen MR) is 131 cm³/mol. The third kappa shape index (κ3) is 3.86. The number of rotatable bonds is 5. The minimum Gasteiger partial charge on any atom is -0.335 e. The molecule has 166 valence electrons. The Morgan fingerprint density at radius 2 is 1.41 bits per heavy atom. The van der Waals surface area contributed by atoms with Crippen molar-refractivity contribution < 1.29 is 9.31 Å². The van der Waals surface area contributed by atoms with E-state index in [0.29, 0.717) is 28.8 Å². The summed E-state index contributed by atoms with van der Waals surface area (Å²) in [5, 5.41) is 11.7. The summed E-state index contributed by atoms with van der Waals surface area (Å²) >= 11 is 0. The number of non-ortho nitro benzene ring substituents is 1. The van der Waals surface area contributed by atoms with E-state index in [2.05, 4.69) is 4.57 Å². The molecule has 0 bridgehead atoms. The highest BCUT2D eigenvalue weighted by atomic mass is 19.1. The number of pyridine rings is 1. The van der Waals surface area contributed by atoms with Gasteiger partial charge in [0.15, 0.2) is 5.43 Å². The average Bonchev–Trinajstić information content (AvgIpc) is 2.87. The zero-order chi connectivity index (χ0) is 23.7. The van der Waals surface area contributed by atoms with Gasteiger partial charge in [-0.25, -0.2) is 4.39 Å². The molecule has 0 spiro atoms. The van der Waals surface area contributed by atoms with Crippen LogP contribution < -0.4 is 5.43 Å². The van der Waals surface area contributed by atoms with Gasteiger partial charge >= 0.3 is 0 Å². The molecule has 34 heavy (non-hydrogen) atoms. The van der Waals surface area contributed by atoms with Gasteiger partial charge in [-0.05, 0) is 53.1 Å². The fourth-order valence-electron chi connectivity index (χ4n) is 4.25. The van der Waals surface area contributed by atoms with Gasteiger partial charge in [0.25, 0.3) is 5.69 Å². The van der Waals surface area contributed by atoms with Crippen LogP contribution in [0.25, 0.3) is 33.3 Å². The van der Waals surface area contributed by atoms with E-state index in [0.717, 1.165) is 16.6 Å². The average molecular weight is 450 g/mol. The van der Waals surface area contributed by atoms with Crippen LogP contribution in [0.15, 0.2) is 108 Å². The first-order valence-electron chi connectivity index (χ1n) is 10.7. The van der Waals surface area contributed by atoms with Gasteiger partial charge in [-0.1, -0.05) is 54.6 Å². The van der Waals surface area contributed by atoms with Crippen molar-refractivity contribution >= 4 is 16.6 Å². The summed E-state index contributed by atoms with van der Waals surface area (Å²) < 4.78 is 15.6. The van der Waals surface area contributed by atoms with E-state index in [9.17, 15) is 19.3 Å². The number of para-hydroxylation sites is 1. The van der Waals surface area contributed by atoms with E-state index >= 15 is 0 Å². The lowest BCUT2D eigenvalue weighted by molar-refractivity contribution is -0.384. The van der Waals surface area contributed by atoms with Crippen molar-refractivity contribution in [3.05, 3.63) is 135 Å². The Morgan fingerprint density at radius 1 is 0.765 bits per heavy atom. The number of nitro groups is 1. The van der Waals surface area contributed by atoms with Crippen molar-refractivity contribution in [1.29, 1.82) is 0 Å². The lowest BCUT2D eigenvalue weighted by Crippen LogP contribution is -2.16. The zero-order valence-electron chi connectivity index (χ0n) is 18.0. The molecule has 0 aliphatic carbocycles. The summed E-state index contributed by atoms with van der Waals surface area (Å²) in [7, 11) is 0. The molecule has 0 saturated carbocycles. The second-order valence-corrected chi connectivity index (χ2v) is 7.95.